The van der Waals surface area contributed by atoms with Crippen molar-refractivity contribution in [3.63, 3.8) is 0 Å². The number of ether oxygens (including phenoxy) is 1. The molecule has 0 bridgehead atoms. The van der Waals surface area contributed by atoms with Crippen LogP contribution in [0.3, 0.4) is 0 Å². The fourth-order valence-electron chi connectivity index (χ4n) is 1.08. The van der Waals surface area contributed by atoms with Gasteiger partial charge in [-0.05, 0) is 6.07 Å². The van der Waals surface area contributed by atoms with Gasteiger partial charge in [0.25, 0.3) is 0 Å². The molecule has 0 aliphatic heterocycles. The molecule has 0 aliphatic carbocycles. The summed E-state index contributed by atoms with van der Waals surface area (Å²) >= 11 is 0. The van der Waals surface area contributed by atoms with Gasteiger partial charge in [-0.1, -0.05) is 25.6 Å². The third kappa shape index (κ3) is 3.92. The van der Waals surface area contributed by atoms with Crippen LogP contribution in [0.15, 0.2) is 12.3 Å². The van der Waals surface area contributed by atoms with E-state index in [4.69, 9.17) is 5.73 Å². The molecule has 0 atom stereocenters. The molecule has 5 heteroatoms. The van der Waals surface area contributed by atoms with Crippen molar-refractivity contribution in [2.75, 3.05) is 12.8 Å². The first-order valence-corrected chi connectivity index (χ1v) is 8.70. The van der Waals surface area contributed by atoms with Gasteiger partial charge in [0.1, 0.15) is 8.07 Å². The third-order valence-electron chi connectivity index (χ3n) is 1.88. The maximum Gasteiger partial charge on any atom is 0.358 e. The van der Waals surface area contributed by atoms with Gasteiger partial charge in [-0.3, -0.25) is 0 Å². The molecule has 2 N–H and O–H groups in total. The molecule has 0 aromatic carbocycles. The van der Waals surface area contributed by atoms with Gasteiger partial charge in [-0.25, -0.2) is 9.78 Å². The third-order valence-corrected chi connectivity index (χ3v) is 2.75. The van der Waals surface area contributed by atoms with E-state index in [1.807, 2.05) is 0 Å². The largest absolute Gasteiger partial charge is 0.464 e. The van der Waals surface area contributed by atoms with E-state index >= 15 is 0 Å². The lowest BCUT2D eigenvalue weighted by atomic mass is 10.2. The van der Waals surface area contributed by atoms with Crippen molar-refractivity contribution in [3.05, 3.63) is 23.5 Å². The molecule has 90 valence electrons. The van der Waals surface area contributed by atoms with Crippen LogP contribution < -0.4 is 5.73 Å². The van der Waals surface area contributed by atoms with Gasteiger partial charge in [0.15, 0.2) is 5.69 Å². The number of methoxy groups -OCH3 is 1. The highest BCUT2D eigenvalue weighted by molar-refractivity contribution is 6.83. The zero-order valence-electron chi connectivity index (χ0n) is 10.5. The molecule has 0 saturated heterocycles. The number of pyridine rings is 1. The van der Waals surface area contributed by atoms with Crippen LogP contribution >= 0.6 is 0 Å². The average Bonchev–Trinajstić information content (AvgIpc) is 2.24. The van der Waals surface area contributed by atoms with Gasteiger partial charge in [0, 0.05) is 11.8 Å². The number of carbonyl (C=O) groups excluding carboxylic acids is 1. The van der Waals surface area contributed by atoms with E-state index in [1.54, 1.807) is 6.07 Å². The second kappa shape index (κ2) is 5.02. The number of carbonyl (C=O) groups is 1. The van der Waals surface area contributed by atoms with E-state index in [2.05, 4.69) is 40.8 Å². The van der Waals surface area contributed by atoms with Gasteiger partial charge in [-0.2, -0.15) is 0 Å². The summed E-state index contributed by atoms with van der Waals surface area (Å²) in [6, 6.07) is 1.65. The van der Waals surface area contributed by atoms with Crippen LogP contribution in [0.2, 0.25) is 19.6 Å². The highest BCUT2D eigenvalue weighted by Crippen LogP contribution is 2.11. The standard InChI is InChI=1S/C12H16N2O2Si/c1-16-12(15)11-10(13)7-9(8-14-11)5-6-17(2,3)4/h7-8H,13H2,1-4H3. The Bertz CT molecular complexity index is 495. The maximum atomic E-state index is 11.3. The van der Waals surface area contributed by atoms with Gasteiger partial charge < -0.3 is 10.5 Å². The quantitative estimate of drug-likeness (QED) is 0.466. The van der Waals surface area contributed by atoms with E-state index in [1.165, 1.54) is 13.3 Å². The van der Waals surface area contributed by atoms with Gasteiger partial charge in [0.2, 0.25) is 0 Å². The fourth-order valence-corrected chi connectivity index (χ4v) is 1.60. The first-order chi connectivity index (χ1) is 7.83. The number of nitrogens with zero attached hydrogens (tertiary/aromatic N) is 1. The van der Waals surface area contributed by atoms with E-state index in [9.17, 15) is 4.79 Å². The molecular weight excluding hydrogens is 232 g/mol. The van der Waals surface area contributed by atoms with Crippen LogP contribution in [0.1, 0.15) is 16.1 Å². The SMILES string of the molecule is COC(=O)c1ncc(C#C[Si](C)(C)C)cc1N. The van der Waals surface area contributed by atoms with Crippen molar-refractivity contribution in [2.45, 2.75) is 19.6 Å². The van der Waals surface area contributed by atoms with E-state index in [0.717, 1.165) is 5.56 Å². The summed E-state index contributed by atoms with van der Waals surface area (Å²) in [6.07, 6.45) is 1.54. The second-order valence-electron chi connectivity index (χ2n) is 4.65. The molecule has 0 spiro atoms. The maximum absolute atomic E-state index is 11.3. The monoisotopic (exact) mass is 248 g/mol. The molecule has 1 rings (SSSR count). The Balaban J connectivity index is 3.04. The van der Waals surface area contributed by atoms with Crippen molar-refractivity contribution in [1.29, 1.82) is 0 Å². The van der Waals surface area contributed by atoms with Crippen molar-refractivity contribution in [1.82, 2.24) is 4.98 Å². The summed E-state index contributed by atoms with van der Waals surface area (Å²) in [4.78, 5) is 15.2. The highest BCUT2D eigenvalue weighted by atomic mass is 28.3. The summed E-state index contributed by atoms with van der Waals surface area (Å²) in [5, 5.41) is 0. The number of hydrogen-bond donors (Lipinski definition) is 1. The number of nitrogen functional groups attached to an aromatic ring is 1. The molecule has 0 fully saturated rings. The van der Waals surface area contributed by atoms with Crippen molar-refractivity contribution >= 4 is 19.7 Å². The number of aromatic nitrogens is 1. The van der Waals surface area contributed by atoms with E-state index < -0.39 is 14.0 Å². The highest BCUT2D eigenvalue weighted by Gasteiger charge is 2.12. The zero-order chi connectivity index (χ0) is 13.1. The summed E-state index contributed by atoms with van der Waals surface area (Å²) < 4.78 is 4.56. The van der Waals surface area contributed by atoms with Crippen molar-refractivity contribution in [2.24, 2.45) is 0 Å². The average molecular weight is 248 g/mol. The number of anilines is 1. The predicted octanol–water partition coefficient (Wildman–Crippen LogP) is 1.68. The molecule has 17 heavy (non-hydrogen) atoms. The minimum Gasteiger partial charge on any atom is -0.464 e. The Kier molecular flexibility index (Phi) is 3.92. The van der Waals surface area contributed by atoms with Crippen LogP contribution in [-0.2, 0) is 4.74 Å². The smallest absolute Gasteiger partial charge is 0.358 e. The molecular formula is C12H16N2O2Si. The minimum absolute atomic E-state index is 0.131. The molecule has 1 aromatic rings. The molecule has 0 amide bonds. The summed E-state index contributed by atoms with van der Waals surface area (Å²) in [6.45, 7) is 6.46. The fraction of sp³-hybridized carbons (Fsp3) is 0.333. The van der Waals surface area contributed by atoms with Crippen LogP contribution in [-0.4, -0.2) is 26.1 Å². The second-order valence-corrected chi connectivity index (χ2v) is 9.40. The van der Waals surface area contributed by atoms with Crippen LogP contribution in [0.5, 0.6) is 0 Å². The Labute approximate surface area is 102 Å². The lowest BCUT2D eigenvalue weighted by Crippen LogP contribution is -2.16. The topological polar surface area (TPSA) is 65.2 Å². The Morgan fingerprint density at radius 2 is 2.12 bits per heavy atom. The van der Waals surface area contributed by atoms with Crippen LogP contribution in [0, 0.1) is 11.5 Å². The predicted molar refractivity (Wildman–Crippen MR) is 70.2 cm³/mol. The first kappa shape index (κ1) is 13.3. The Morgan fingerprint density at radius 1 is 1.47 bits per heavy atom. The first-order valence-electron chi connectivity index (χ1n) is 5.20. The van der Waals surface area contributed by atoms with Gasteiger partial charge in [-0.15, -0.1) is 5.54 Å². The van der Waals surface area contributed by atoms with Gasteiger partial charge >= 0.3 is 5.97 Å². The zero-order valence-corrected chi connectivity index (χ0v) is 11.5. The van der Waals surface area contributed by atoms with Crippen LogP contribution in [0.4, 0.5) is 5.69 Å². The molecule has 0 radical (unpaired) electrons. The van der Waals surface area contributed by atoms with Crippen molar-refractivity contribution in [3.8, 4) is 11.5 Å². The summed E-state index contributed by atoms with van der Waals surface area (Å²) in [5.74, 6) is 2.49. The Morgan fingerprint density at radius 3 is 2.59 bits per heavy atom. The summed E-state index contributed by atoms with van der Waals surface area (Å²) in [7, 11) is -0.127. The molecule has 0 saturated carbocycles. The lowest BCUT2D eigenvalue weighted by Gasteiger charge is -2.04. The molecule has 1 heterocycles. The Hall–Kier alpha value is -1.80. The normalized spacial score (nSPS) is 10.4. The molecule has 0 unspecified atom stereocenters. The minimum atomic E-state index is -1.42. The van der Waals surface area contributed by atoms with Crippen molar-refractivity contribution < 1.29 is 9.53 Å². The van der Waals surface area contributed by atoms with E-state index in [-0.39, 0.29) is 5.69 Å². The summed E-state index contributed by atoms with van der Waals surface area (Å²) in [5.41, 5.74) is 10.1. The number of esters is 1. The van der Waals surface area contributed by atoms with Crippen LogP contribution in [0.25, 0.3) is 0 Å². The number of rotatable bonds is 1. The molecule has 0 aliphatic rings. The molecule has 4 nitrogen and oxygen atoms in total. The van der Waals surface area contributed by atoms with Gasteiger partial charge in [0.05, 0.1) is 12.8 Å². The van der Waals surface area contributed by atoms with E-state index in [0.29, 0.717) is 5.69 Å². The number of nitrogens with two attached hydrogens (primary N) is 1. The number of hydrogen-bond acceptors (Lipinski definition) is 4. The lowest BCUT2D eigenvalue weighted by molar-refractivity contribution is 0.0595. The molecule has 1 aromatic heterocycles.